The van der Waals surface area contributed by atoms with Crippen molar-refractivity contribution in [3.05, 3.63) is 42.2 Å². The summed E-state index contributed by atoms with van der Waals surface area (Å²) in [4.78, 5) is 14.4. The number of aromatic nitrogens is 6. The molecule has 0 aliphatic carbocycles. The maximum absolute atomic E-state index is 6.28. The molecule has 1 fully saturated rings. The third kappa shape index (κ3) is 6.93. The molecule has 5 rings (SSSR count). The fraction of sp³-hybridized carbons (Fsp3) is 0.556. The van der Waals surface area contributed by atoms with Gasteiger partial charge in [-0.05, 0) is 56.5 Å². The van der Waals surface area contributed by atoms with Crippen LogP contribution in [0.3, 0.4) is 0 Å². The number of likely N-dealkylation sites (tertiary alicyclic amines) is 1. The van der Waals surface area contributed by atoms with Crippen LogP contribution in [0.5, 0.6) is 0 Å². The Hall–Kier alpha value is -2.64. The monoisotopic (exact) mass is 567 g/mol. The number of hydrogen-bond donors (Lipinski definition) is 1. The van der Waals surface area contributed by atoms with E-state index in [1.54, 1.807) is 0 Å². The predicted octanol–water partition coefficient (Wildman–Crippen LogP) is 4.75. The van der Waals surface area contributed by atoms with Crippen molar-refractivity contribution in [1.82, 2.24) is 33.4 Å². The van der Waals surface area contributed by atoms with Crippen molar-refractivity contribution in [3.63, 3.8) is 0 Å². The standard InChI is InChI=1S/C27H41N9OSSi/c1-21-17-35-24(22-15-30-34(18-22)11-8-28)16-29-26(35)27(31-21)36(20-37-12-13-39(2,3)4)25-14-23(32-38-25)19-33-9-6-5-7-10-33/h14-18H,5-13,19-20,28H2,1-4H3. The number of aryl methyl sites for hydroxylation is 1. The molecule has 1 aliphatic rings. The van der Waals surface area contributed by atoms with Crippen molar-refractivity contribution in [1.29, 1.82) is 0 Å². The quantitative estimate of drug-likeness (QED) is 0.149. The fourth-order valence-corrected chi connectivity index (χ4v) is 6.35. The van der Waals surface area contributed by atoms with Gasteiger partial charge < -0.3 is 10.5 Å². The highest BCUT2D eigenvalue weighted by molar-refractivity contribution is 7.10. The van der Waals surface area contributed by atoms with Crippen LogP contribution in [-0.2, 0) is 17.8 Å². The van der Waals surface area contributed by atoms with E-state index in [1.165, 1.54) is 30.8 Å². The molecule has 4 aromatic heterocycles. The van der Waals surface area contributed by atoms with E-state index in [0.29, 0.717) is 19.8 Å². The number of imidazole rings is 1. The Bertz CT molecular complexity index is 1370. The Balaban J connectivity index is 1.47. The largest absolute Gasteiger partial charge is 0.361 e. The summed E-state index contributed by atoms with van der Waals surface area (Å²) in [7, 11) is -1.21. The number of piperidine rings is 1. The van der Waals surface area contributed by atoms with Gasteiger partial charge in [-0.15, -0.1) is 0 Å². The third-order valence-corrected chi connectivity index (χ3v) is 9.56. The Morgan fingerprint density at radius 1 is 1.13 bits per heavy atom. The van der Waals surface area contributed by atoms with Crippen molar-refractivity contribution < 1.29 is 4.74 Å². The van der Waals surface area contributed by atoms with Crippen LogP contribution in [0, 0.1) is 6.92 Å². The molecule has 0 aromatic carbocycles. The van der Waals surface area contributed by atoms with E-state index in [2.05, 4.69) is 45.0 Å². The zero-order chi connectivity index (χ0) is 27.4. The van der Waals surface area contributed by atoms with E-state index in [4.69, 9.17) is 24.8 Å². The van der Waals surface area contributed by atoms with Crippen LogP contribution in [0.2, 0.25) is 25.7 Å². The average molecular weight is 568 g/mol. The van der Waals surface area contributed by atoms with Crippen LogP contribution < -0.4 is 10.6 Å². The number of anilines is 2. The van der Waals surface area contributed by atoms with E-state index in [0.717, 1.165) is 71.4 Å². The molecule has 0 radical (unpaired) electrons. The first kappa shape index (κ1) is 27.9. The molecule has 10 nitrogen and oxygen atoms in total. The minimum atomic E-state index is -1.21. The highest BCUT2D eigenvalue weighted by Gasteiger charge is 2.23. The van der Waals surface area contributed by atoms with E-state index in [1.807, 2.05) is 36.4 Å². The van der Waals surface area contributed by atoms with Crippen LogP contribution in [0.25, 0.3) is 16.9 Å². The van der Waals surface area contributed by atoms with Crippen molar-refractivity contribution in [2.45, 2.75) is 65.0 Å². The van der Waals surface area contributed by atoms with E-state index >= 15 is 0 Å². The molecule has 0 saturated carbocycles. The first-order valence-electron chi connectivity index (χ1n) is 13.9. The molecule has 0 spiro atoms. The summed E-state index contributed by atoms with van der Waals surface area (Å²) in [5.41, 5.74) is 10.5. The molecule has 4 aromatic rings. The lowest BCUT2D eigenvalue weighted by atomic mass is 10.1. The van der Waals surface area contributed by atoms with Crippen LogP contribution in [0.15, 0.2) is 30.9 Å². The summed E-state index contributed by atoms with van der Waals surface area (Å²) >= 11 is 1.51. The van der Waals surface area contributed by atoms with Gasteiger partial charge in [-0.3, -0.25) is 18.9 Å². The first-order chi connectivity index (χ1) is 18.8. The van der Waals surface area contributed by atoms with Crippen molar-refractivity contribution in [2.24, 2.45) is 5.73 Å². The Labute approximate surface area is 236 Å². The second kappa shape index (κ2) is 12.3. The maximum atomic E-state index is 6.28. The molecule has 5 heterocycles. The lowest BCUT2D eigenvalue weighted by molar-refractivity contribution is 0.153. The van der Waals surface area contributed by atoms with Crippen molar-refractivity contribution in [3.8, 4) is 11.3 Å². The smallest absolute Gasteiger partial charge is 0.181 e. The summed E-state index contributed by atoms with van der Waals surface area (Å²) in [6, 6.07) is 3.31. The topological polar surface area (TPSA) is 103 Å². The Kier molecular flexibility index (Phi) is 8.77. The molecule has 210 valence electrons. The fourth-order valence-electron chi connectivity index (χ4n) is 4.85. The van der Waals surface area contributed by atoms with Crippen LogP contribution >= 0.6 is 11.5 Å². The SMILES string of the molecule is Cc1cn2c(-c3cnn(CCN)c3)cnc2c(N(COCC[Si](C)(C)C)c2cc(CN3CCCCC3)ns2)n1. The lowest BCUT2D eigenvalue weighted by Gasteiger charge is -2.25. The van der Waals surface area contributed by atoms with Gasteiger partial charge in [0.25, 0.3) is 0 Å². The molecule has 0 unspecified atom stereocenters. The Morgan fingerprint density at radius 3 is 2.72 bits per heavy atom. The number of nitrogens with zero attached hydrogens (tertiary/aromatic N) is 8. The van der Waals surface area contributed by atoms with Crippen molar-refractivity contribution in [2.75, 3.05) is 37.9 Å². The molecule has 0 atom stereocenters. The molecule has 0 amide bonds. The molecule has 2 N–H and O–H groups in total. The summed E-state index contributed by atoms with van der Waals surface area (Å²) in [5.74, 6) is 0.775. The number of fused-ring (bicyclic) bond motifs is 1. The molecular formula is C27H41N9OSSi. The van der Waals surface area contributed by atoms with Gasteiger partial charge in [-0.1, -0.05) is 26.1 Å². The number of ether oxygens (including phenoxy) is 1. The van der Waals surface area contributed by atoms with E-state index in [-0.39, 0.29) is 0 Å². The van der Waals surface area contributed by atoms with Crippen molar-refractivity contribution >= 4 is 36.1 Å². The van der Waals surface area contributed by atoms with Gasteiger partial charge in [0.05, 0.1) is 36.0 Å². The molecule has 1 saturated heterocycles. The summed E-state index contributed by atoms with van der Waals surface area (Å²) < 4.78 is 15.1. The van der Waals surface area contributed by atoms with Gasteiger partial charge in [0, 0.05) is 45.7 Å². The highest BCUT2D eigenvalue weighted by atomic mass is 32.1. The normalized spacial score (nSPS) is 14.9. The van der Waals surface area contributed by atoms with Gasteiger partial charge in [-0.25, -0.2) is 9.97 Å². The van der Waals surface area contributed by atoms with E-state index in [9.17, 15) is 0 Å². The van der Waals surface area contributed by atoms with Gasteiger partial charge in [0.15, 0.2) is 11.5 Å². The second-order valence-electron chi connectivity index (χ2n) is 11.6. The first-order valence-corrected chi connectivity index (χ1v) is 18.4. The van der Waals surface area contributed by atoms with Crippen LogP contribution in [0.4, 0.5) is 10.8 Å². The van der Waals surface area contributed by atoms with Gasteiger partial charge in [0.2, 0.25) is 0 Å². The average Bonchev–Trinajstić information content (AvgIpc) is 3.64. The molecule has 1 aliphatic heterocycles. The highest BCUT2D eigenvalue weighted by Crippen LogP contribution is 2.33. The van der Waals surface area contributed by atoms with Gasteiger partial charge in [-0.2, -0.15) is 9.47 Å². The molecule has 0 bridgehead atoms. The van der Waals surface area contributed by atoms with Crippen LogP contribution in [-0.4, -0.2) is 74.5 Å². The minimum Gasteiger partial charge on any atom is -0.361 e. The molecule has 39 heavy (non-hydrogen) atoms. The van der Waals surface area contributed by atoms with E-state index < -0.39 is 8.07 Å². The minimum absolute atomic E-state index is 0.401. The zero-order valence-electron chi connectivity index (χ0n) is 23.6. The van der Waals surface area contributed by atoms with Gasteiger partial charge in [0.1, 0.15) is 11.7 Å². The lowest BCUT2D eigenvalue weighted by Crippen LogP contribution is -2.29. The number of hydrogen-bond acceptors (Lipinski definition) is 9. The second-order valence-corrected chi connectivity index (χ2v) is 18.0. The molecular weight excluding hydrogens is 527 g/mol. The third-order valence-electron chi connectivity index (χ3n) is 7.00. The zero-order valence-corrected chi connectivity index (χ0v) is 25.5. The predicted molar refractivity (Wildman–Crippen MR) is 160 cm³/mol. The van der Waals surface area contributed by atoms with Gasteiger partial charge >= 0.3 is 0 Å². The summed E-state index contributed by atoms with van der Waals surface area (Å²) in [6.07, 6.45) is 11.7. The number of nitrogens with two attached hydrogens (primary N) is 1. The Morgan fingerprint density at radius 2 is 1.95 bits per heavy atom. The number of rotatable bonds is 12. The maximum Gasteiger partial charge on any atom is 0.181 e. The molecule has 12 heteroatoms. The summed E-state index contributed by atoms with van der Waals surface area (Å²) in [6.45, 7) is 14.7. The summed E-state index contributed by atoms with van der Waals surface area (Å²) in [5, 5.41) is 5.48. The van der Waals surface area contributed by atoms with Crippen LogP contribution in [0.1, 0.15) is 30.7 Å².